The van der Waals surface area contributed by atoms with E-state index in [0.717, 1.165) is 25.7 Å². The number of aliphatic hydroxyl groups is 1. The number of ether oxygens (including phenoxy) is 1. The molecule has 8 heteroatoms. The lowest BCUT2D eigenvalue weighted by Gasteiger charge is -2.38. The Morgan fingerprint density at radius 1 is 1.23 bits per heavy atom. The lowest BCUT2D eigenvalue weighted by molar-refractivity contribution is -0.155. The Balaban J connectivity index is 1.95. The highest BCUT2D eigenvalue weighted by Crippen LogP contribution is 2.71. The second-order valence-electron chi connectivity index (χ2n) is 10.5. The van der Waals surface area contributed by atoms with Crippen molar-refractivity contribution in [2.45, 2.75) is 87.3 Å². The Kier molecular flexibility index (Phi) is 9.13. The van der Waals surface area contributed by atoms with E-state index in [2.05, 4.69) is 20.1 Å². The van der Waals surface area contributed by atoms with Gasteiger partial charge in [-0.1, -0.05) is 12.2 Å². The van der Waals surface area contributed by atoms with E-state index < -0.39 is 27.4 Å². The van der Waals surface area contributed by atoms with Crippen LogP contribution in [-0.4, -0.2) is 80.6 Å². The van der Waals surface area contributed by atoms with Gasteiger partial charge in [-0.2, -0.15) is 0 Å². The van der Waals surface area contributed by atoms with Crippen LogP contribution in [0.25, 0.3) is 0 Å². The zero-order chi connectivity index (χ0) is 25.8. The summed E-state index contributed by atoms with van der Waals surface area (Å²) in [5.41, 5.74) is 0. The third-order valence-electron chi connectivity index (χ3n) is 7.85. The number of carbonyl (C=O) groups excluding carboxylic acids is 3. The Morgan fingerprint density at radius 3 is 2.60 bits per heavy atom. The second-order valence-corrected chi connectivity index (χ2v) is 12.4. The summed E-state index contributed by atoms with van der Waals surface area (Å²) < 4.78 is 4.62. The number of carbonyl (C=O) groups is 3. The molecule has 2 bridgehead atoms. The number of allylic oxidation sites excluding steroid dienone is 1. The van der Waals surface area contributed by atoms with Crippen LogP contribution in [-0.2, 0) is 19.1 Å². The van der Waals surface area contributed by atoms with Gasteiger partial charge in [0.2, 0.25) is 11.8 Å². The molecule has 3 aliphatic heterocycles. The monoisotopic (exact) mass is 506 g/mol. The third-order valence-corrected chi connectivity index (χ3v) is 9.84. The average molecular weight is 507 g/mol. The molecule has 1 N–H and O–H groups in total. The number of amides is 2. The van der Waals surface area contributed by atoms with Crippen LogP contribution < -0.4 is 0 Å². The summed E-state index contributed by atoms with van der Waals surface area (Å²) in [5.74, 6) is -1.58. The Bertz CT molecular complexity index is 832. The fraction of sp³-hybridized carbons (Fsp3) is 0.741. The molecule has 1 spiro atoms. The van der Waals surface area contributed by atoms with E-state index in [1.54, 1.807) is 33.7 Å². The molecule has 2 unspecified atom stereocenters. The van der Waals surface area contributed by atoms with E-state index in [9.17, 15) is 19.5 Å². The number of thioether (sulfide) groups is 1. The van der Waals surface area contributed by atoms with E-state index in [1.165, 1.54) is 0 Å². The molecule has 3 rings (SSSR count). The molecule has 3 aliphatic rings. The summed E-state index contributed by atoms with van der Waals surface area (Å²) in [7, 11) is 0. The van der Waals surface area contributed by atoms with Gasteiger partial charge in [-0.05, 0) is 65.7 Å². The molecule has 0 aromatic heterocycles. The Hall–Kier alpha value is -1.80. The molecule has 0 aromatic carbocycles. The molecular formula is C27H42N2O5S. The maximum Gasteiger partial charge on any atom is 0.311 e. The normalized spacial score (nSPS) is 31.1. The molecular weight excluding hydrogens is 464 g/mol. The summed E-state index contributed by atoms with van der Waals surface area (Å²) in [6.45, 7) is 14.8. The molecule has 3 fully saturated rings. The van der Waals surface area contributed by atoms with Gasteiger partial charge in [-0.25, -0.2) is 0 Å². The first kappa shape index (κ1) is 27.8. The van der Waals surface area contributed by atoms with Gasteiger partial charge in [0.25, 0.3) is 0 Å². The van der Waals surface area contributed by atoms with Crippen molar-refractivity contribution in [1.82, 2.24) is 9.80 Å². The Labute approximate surface area is 214 Å². The summed E-state index contributed by atoms with van der Waals surface area (Å²) in [5, 5.41) is 9.18. The van der Waals surface area contributed by atoms with Crippen molar-refractivity contribution in [3.8, 4) is 0 Å². The number of unbranched alkanes of at least 4 members (excludes halogenated alkanes) is 3. The first-order valence-corrected chi connectivity index (χ1v) is 13.8. The molecule has 35 heavy (non-hydrogen) atoms. The number of rotatable bonds is 14. The summed E-state index contributed by atoms with van der Waals surface area (Å²) in [6, 6.07) is -0.644. The fourth-order valence-corrected chi connectivity index (χ4v) is 8.55. The van der Waals surface area contributed by atoms with Crippen LogP contribution in [0.2, 0.25) is 0 Å². The van der Waals surface area contributed by atoms with Crippen LogP contribution in [0.3, 0.4) is 0 Å². The highest BCUT2D eigenvalue weighted by Gasteiger charge is 2.77. The highest BCUT2D eigenvalue weighted by molar-refractivity contribution is 8.02. The number of nitrogens with zero attached hydrogens (tertiary/aromatic N) is 2. The number of likely N-dealkylation sites (tertiary alicyclic amines) is 1. The number of hydrogen-bond acceptors (Lipinski definition) is 6. The summed E-state index contributed by atoms with van der Waals surface area (Å²) in [4.78, 5) is 44.9. The van der Waals surface area contributed by atoms with Gasteiger partial charge < -0.3 is 19.6 Å². The van der Waals surface area contributed by atoms with Gasteiger partial charge in [-0.3, -0.25) is 14.4 Å². The SMILES string of the molecule is C=CCCCOC(=O)[C@@H]1[C@H]2C(=O)N(CCCCCO)C(C(=O)N(CC=C)C(C)C)C23CC[C@@]1(C)S3. The van der Waals surface area contributed by atoms with Crippen LogP contribution in [0.1, 0.15) is 65.7 Å². The lowest BCUT2D eigenvalue weighted by atomic mass is 9.66. The first-order chi connectivity index (χ1) is 16.7. The van der Waals surface area contributed by atoms with E-state index in [4.69, 9.17) is 4.74 Å². The second kappa shape index (κ2) is 11.5. The van der Waals surface area contributed by atoms with Gasteiger partial charge in [0, 0.05) is 30.5 Å². The van der Waals surface area contributed by atoms with Gasteiger partial charge in [0.15, 0.2) is 0 Å². The summed E-state index contributed by atoms with van der Waals surface area (Å²) >= 11 is 1.67. The van der Waals surface area contributed by atoms with Crippen molar-refractivity contribution in [3.05, 3.63) is 25.3 Å². The van der Waals surface area contributed by atoms with Crippen LogP contribution in [0.5, 0.6) is 0 Å². The topological polar surface area (TPSA) is 87.1 Å². The summed E-state index contributed by atoms with van der Waals surface area (Å²) in [6.07, 6.45) is 8.65. The minimum Gasteiger partial charge on any atom is -0.465 e. The van der Waals surface area contributed by atoms with Gasteiger partial charge in [-0.15, -0.1) is 24.9 Å². The van der Waals surface area contributed by atoms with Crippen molar-refractivity contribution in [3.63, 3.8) is 0 Å². The smallest absolute Gasteiger partial charge is 0.311 e. The molecule has 0 radical (unpaired) electrons. The maximum atomic E-state index is 14.1. The van der Waals surface area contributed by atoms with Crippen molar-refractivity contribution in [2.75, 3.05) is 26.3 Å². The minimum absolute atomic E-state index is 0.0351. The molecule has 196 valence electrons. The van der Waals surface area contributed by atoms with E-state index in [0.29, 0.717) is 39.0 Å². The molecule has 0 aromatic rings. The first-order valence-electron chi connectivity index (χ1n) is 13.0. The van der Waals surface area contributed by atoms with E-state index >= 15 is 0 Å². The maximum absolute atomic E-state index is 14.1. The van der Waals surface area contributed by atoms with Crippen LogP contribution >= 0.6 is 11.8 Å². The molecule has 0 aliphatic carbocycles. The predicted octanol–water partition coefficient (Wildman–Crippen LogP) is 3.56. The number of hydrogen-bond donors (Lipinski definition) is 1. The van der Waals surface area contributed by atoms with Crippen LogP contribution in [0.15, 0.2) is 25.3 Å². The largest absolute Gasteiger partial charge is 0.465 e. The van der Waals surface area contributed by atoms with Crippen LogP contribution in [0, 0.1) is 11.8 Å². The molecule has 5 atom stereocenters. The molecule has 0 saturated carbocycles. The van der Waals surface area contributed by atoms with E-state index in [-0.39, 0.29) is 30.4 Å². The van der Waals surface area contributed by atoms with Gasteiger partial charge in [0.05, 0.1) is 23.2 Å². The van der Waals surface area contributed by atoms with Crippen molar-refractivity contribution < 1.29 is 24.2 Å². The number of aliphatic hydroxyl groups excluding tert-OH is 1. The molecule has 7 nitrogen and oxygen atoms in total. The Morgan fingerprint density at radius 2 is 1.97 bits per heavy atom. The highest BCUT2D eigenvalue weighted by atomic mass is 32.2. The van der Waals surface area contributed by atoms with Crippen LogP contribution in [0.4, 0.5) is 0 Å². The van der Waals surface area contributed by atoms with Crippen molar-refractivity contribution in [1.29, 1.82) is 0 Å². The van der Waals surface area contributed by atoms with Gasteiger partial charge in [0.1, 0.15) is 6.04 Å². The fourth-order valence-electron chi connectivity index (χ4n) is 6.22. The quantitative estimate of drug-likeness (QED) is 0.220. The standard InChI is InChI=1S/C27H42N2O5S/c1-6-8-12-18-34-25(33)21-20-23(31)29(16-10-9-11-17-30)22(24(32)28(15-7-2)19(3)4)27(20)14-13-26(21,5)35-27/h6-7,19-22,30H,1-2,8-18H2,3-5H3/t20-,21-,22?,26+,27?/m0/s1. The zero-order valence-electron chi connectivity index (χ0n) is 21.5. The van der Waals surface area contributed by atoms with E-state index in [1.807, 2.05) is 13.8 Å². The zero-order valence-corrected chi connectivity index (χ0v) is 22.4. The minimum atomic E-state index is -0.626. The van der Waals surface area contributed by atoms with Gasteiger partial charge >= 0.3 is 5.97 Å². The van der Waals surface area contributed by atoms with Crippen molar-refractivity contribution in [2.24, 2.45) is 11.8 Å². The number of esters is 1. The molecule has 3 heterocycles. The molecule has 2 amide bonds. The third kappa shape index (κ3) is 5.06. The average Bonchev–Trinajstić information content (AvgIpc) is 3.38. The lowest BCUT2D eigenvalue weighted by Crippen LogP contribution is -2.56. The van der Waals surface area contributed by atoms with Crippen molar-refractivity contribution >= 4 is 29.5 Å². The molecule has 3 saturated heterocycles. The number of fused-ring (bicyclic) bond motifs is 1. The predicted molar refractivity (Wildman–Crippen MR) is 139 cm³/mol.